The Morgan fingerprint density at radius 2 is 2.00 bits per heavy atom. The van der Waals surface area contributed by atoms with Crippen molar-refractivity contribution in [2.75, 3.05) is 20.3 Å². The molecule has 1 N–H and O–H groups in total. The summed E-state index contributed by atoms with van der Waals surface area (Å²) >= 11 is 3.19. The molecule has 0 saturated heterocycles. The topological polar surface area (TPSA) is 82.4 Å². The molecule has 2 aromatic carbocycles. The van der Waals surface area contributed by atoms with Gasteiger partial charge in [-0.05, 0) is 53.2 Å². The standard InChI is InChI=1S/C22H20BrF2N3O4/c1-13-27-21(32-12-15-6-7-16(24)11-18(15)25)19(23)22(30)28(13)17-5-3-4-14(10-17)20(29)26-8-9-31-2/h3-7,10-11H,8-9,12H2,1-2H3,(H,26,29). The SMILES string of the molecule is COCCNC(=O)c1cccc(-n2c(C)nc(OCc3ccc(F)cc3F)c(Br)c2=O)c1. The van der Waals surface area contributed by atoms with Gasteiger partial charge in [0.25, 0.3) is 11.5 Å². The lowest BCUT2D eigenvalue weighted by Gasteiger charge is -2.14. The summed E-state index contributed by atoms with van der Waals surface area (Å²) in [6.07, 6.45) is 0. The Bertz CT molecular complexity index is 1200. The molecular weight excluding hydrogens is 488 g/mol. The van der Waals surface area contributed by atoms with E-state index in [4.69, 9.17) is 9.47 Å². The Morgan fingerprint density at radius 3 is 2.72 bits per heavy atom. The Balaban J connectivity index is 1.86. The third kappa shape index (κ3) is 5.38. The van der Waals surface area contributed by atoms with Gasteiger partial charge < -0.3 is 14.8 Å². The molecule has 1 aromatic heterocycles. The number of amides is 1. The van der Waals surface area contributed by atoms with Crippen LogP contribution in [0.5, 0.6) is 5.88 Å². The van der Waals surface area contributed by atoms with Gasteiger partial charge in [-0.15, -0.1) is 0 Å². The van der Waals surface area contributed by atoms with E-state index in [9.17, 15) is 18.4 Å². The van der Waals surface area contributed by atoms with Gasteiger partial charge in [0, 0.05) is 30.8 Å². The molecular formula is C22H20BrF2N3O4. The van der Waals surface area contributed by atoms with Gasteiger partial charge in [0.15, 0.2) is 0 Å². The predicted molar refractivity (Wildman–Crippen MR) is 117 cm³/mol. The van der Waals surface area contributed by atoms with Crippen molar-refractivity contribution in [3.63, 3.8) is 0 Å². The molecule has 3 aromatic rings. The molecule has 0 aliphatic carbocycles. The fourth-order valence-corrected chi connectivity index (χ4v) is 3.30. The maximum absolute atomic E-state index is 13.8. The quantitative estimate of drug-likeness (QED) is 0.471. The number of methoxy groups -OCH3 is 1. The zero-order valence-electron chi connectivity index (χ0n) is 17.3. The third-order valence-electron chi connectivity index (χ3n) is 4.50. The van der Waals surface area contributed by atoms with Crippen molar-refractivity contribution in [2.45, 2.75) is 13.5 Å². The molecule has 32 heavy (non-hydrogen) atoms. The number of benzene rings is 2. The van der Waals surface area contributed by atoms with Crippen molar-refractivity contribution >= 4 is 21.8 Å². The Morgan fingerprint density at radius 1 is 1.22 bits per heavy atom. The van der Waals surface area contributed by atoms with Gasteiger partial charge in [-0.25, -0.2) is 8.78 Å². The summed E-state index contributed by atoms with van der Waals surface area (Å²) in [4.78, 5) is 29.6. The van der Waals surface area contributed by atoms with Crippen LogP contribution >= 0.6 is 15.9 Å². The number of aryl methyl sites for hydroxylation is 1. The van der Waals surface area contributed by atoms with E-state index in [1.165, 1.54) is 17.7 Å². The molecule has 7 nitrogen and oxygen atoms in total. The predicted octanol–water partition coefficient (Wildman–Crippen LogP) is 3.54. The largest absolute Gasteiger partial charge is 0.472 e. The number of aromatic nitrogens is 2. The van der Waals surface area contributed by atoms with E-state index >= 15 is 0 Å². The number of rotatable bonds is 8. The number of carbonyl (C=O) groups is 1. The van der Waals surface area contributed by atoms with Gasteiger partial charge in [0.05, 0.1) is 12.3 Å². The molecule has 0 aliphatic rings. The molecule has 168 valence electrons. The first kappa shape index (κ1) is 23.6. The monoisotopic (exact) mass is 507 g/mol. The number of nitrogens with zero attached hydrogens (tertiary/aromatic N) is 2. The van der Waals surface area contributed by atoms with E-state index in [-0.39, 0.29) is 28.4 Å². The van der Waals surface area contributed by atoms with Crippen molar-refractivity contribution in [1.82, 2.24) is 14.9 Å². The van der Waals surface area contributed by atoms with Gasteiger partial charge in [-0.2, -0.15) is 4.98 Å². The van der Waals surface area contributed by atoms with E-state index in [0.717, 1.165) is 12.1 Å². The summed E-state index contributed by atoms with van der Waals surface area (Å²) in [5.74, 6) is -1.49. The van der Waals surface area contributed by atoms with Gasteiger partial charge in [0.2, 0.25) is 5.88 Å². The molecule has 0 saturated carbocycles. The van der Waals surface area contributed by atoms with Crippen molar-refractivity contribution in [1.29, 1.82) is 0 Å². The minimum absolute atomic E-state index is 0.0269. The number of halogens is 3. The molecule has 0 fully saturated rings. The van der Waals surface area contributed by atoms with E-state index in [2.05, 4.69) is 26.2 Å². The molecule has 0 spiro atoms. The summed E-state index contributed by atoms with van der Waals surface area (Å²) in [7, 11) is 1.54. The maximum Gasteiger partial charge on any atom is 0.276 e. The molecule has 3 rings (SSSR count). The van der Waals surface area contributed by atoms with Gasteiger partial charge in [-0.1, -0.05) is 6.07 Å². The lowest BCUT2D eigenvalue weighted by molar-refractivity contribution is 0.0937. The van der Waals surface area contributed by atoms with Crippen LogP contribution in [0.25, 0.3) is 5.69 Å². The first-order valence-electron chi connectivity index (χ1n) is 9.55. The van der Waals surface area contributed by atoms with Crippen LogP contribution in [0.3, 0.4) is 0 Å². The van der Waals surface area contributed by atoms with E-state index < -0.39 is 17.2 Å². The number of ether oxygens (including phenoxy) is 2. The molecule has 0 atom stereocenters. The summed E-state index contributed by atoms with van der Waals surface area (Å²) in [6.45, 7) is 2.10. The highest BCUT2D eigenvalue weighted by atomic mass is 79.9. The van der Waals surface area contributed by atoms with E-state index in [1.54, 1.807) is 31.2 Å². The molecule has 0 radical (unpaired) electrons. The summed E-state index contributed by atoms with van der Waals surface area (Å²) in [5.41, 5.74) is 0.461. The first-order valence-corrected chi connectivity index (χ1v) is 10.3. The van der Waals surface area contributed by atoms with Crippen LogP contribution < -0.4 is 15.6 Å². The van der Waals surface area contributed by atoms with Crippen LogP contribution in [0.15, 0.2) is 51.7 Å². The second-order valence-corrected chi connectivity index (χ2v) is 7.54. The summed E-state index contributed by atoms with van der Waals surface area (Å²) < 4.78 is 38.7. The van der Waals surface area contributed by atoms with Gasteiger partial charge in [-0.3, -0.25) is 14.2 Å². The highest BCUT2D eigenvalue weighted by molar-refractivity contribution is 9.10. The second kappa shape index (κ2) is 10.5. The van der Waals surface area contributed by atoms with Crippen LogP contribution in [0.1, 0.15) is 21.7 Å². The average molecular weight is 508 g/mol. The highest BCUT2D eigenvalue weighted by Crippen LogP contribution is 2.22. The van der Waals surface area contributed by atoms with E-state index in [1.807, 2.05) is 0 Å². The average Bonchev–Trinajstić information content (AvgIpc) is 2.76. The molecule has 0 aliphatic heterocycles. The van der Waals surface area contributed by atoms with Crippen molar-refractivity contribution < 1.29 is 23.0 Å². The summed E-state index contributed by atoms with van der Waals surface area (Å²) in [5, 5.41) is 2.72. The van der Waals surface area contributed by atoms with Crippen LogP contribution in [-0.4, -0.2) is 35.7 Å². The minimum Gasteiger partial charge on any atom is -0.472 e. The number of carbonyl (C=O) groups excluding carboxylic acids is 1. The Labute approximate surface area is 191 Å². The Kier molecular flexibility index (Phi) is 7.70. The van der Waals surface area contributed by atoms with Crippen molar-refractivity contribution in [2.24, 2.45) is 0 Å². The molecule has 1 amide bonds. The minimum atomic E-state index is -0.758. The first-order chi connectivity index (χ1) is 15.3. The highest BCUT2D eigenvalue weighted by Gasteiger charge is 2.17. The van der Waals surface area contributed by atoms with Gasteiger partial charge in [0.1, 0.15) is 28.5 Å². The fourth-order valence-electron chi connectivity index (χ4n) is 2.92. The number of nitrogens with one attached hydrogen (secondary N) is 1. The van der Waals surface area contributed by atoms with Crippen LogP contribution in [-0.2, 0) is 11.3 Å². The smallest absolute Gasteiger partial charge is 0.276 e. The third-order valence-corrected chi connectivity index (χ3v) is 5.18. The number of hydrogen-bond donors (Lipinski definition) is 1. The normalized spacial score (nSPS) is 10.8. The molecule has 0 unspecified atom stereocenters. The fraction of sp³-hybridized carbons (Fsp3) is 0.227. The molecule has 10 heteroatoms. The molecule has 0 bridgehead atoms. The van der Waals surface area contributed by atoms with E-state index in [0.29, 0.717) is 30.2 Å². The Hall–Kier alpha value is -3.11. The number of hydrogen-bond acceptors (Lipinski definition) is 5. The van der Waals surface area contributed by atoms with Crippen LogP contribution in [0.2, 0.25) is 0 Å². The maximum atomic E-state index is 13.8. The van der Waals surface area contributed by atoms with Crippen LogP contribution in [0.4, 0.5) is 8.78 Å². The van der Waals surface area contributed by atoms with Gasteiger partial charge >= 0.3 is 0 Å². The van der Waals surface area contributed by atoms with Crippen molar-refractivity contribution in [3.05, 3.63) is 85.9 Å². The zero-order valence-corrected chi connectivity index (χ0v) is 18.9. The lowest BCUT2D eigenvalue weighted by Crippen LogP contribution is -2.27. The summed E-state index contributed by atoms with van der Waals surface area (Å²) in [6, 6.07) is 9.65. The van der Waals surface area contributed by atoms with Crippen LogP contribution in [0, 0.1) is 18.6 Å². The zero-order chi connectivity index (χ0) is 23.3. The molecule has 1 heterocycles. The second-order valence-electron chi connectivity index (χ2n) is 6.74. The lowest BCUT2D eigenvalue weighted by atomic mass is 10.2. The van der Waals surface area contributed by atoms with Crippen molar-refractivity contribution in [3.8, 4) is 11.6 Å².